The molecule has 0 bridgehead atoms. The quantitative estimate of drug-likeness (QED) is 0.792. The van der Waals surface area contributed by atoms with Crippen molar-refractivity contribution in [3.05, 3.63) is 66.4 Å². The Labute approximate surface area is 128 Å². The lowest BCUT2D eigenvalue weighted by Gasteiger charge is -2.02. The van der Waals surface area contributed by atoms with Gasteiger partial charge in [-0.3, -0.25) is 0 Å². The molecule has 0 saturated heterocycles. The third-order valence-electron chi connectivity index (χ3n) is 3.20. The van der Waals surface area contributed by atoms with Crippen molar-refractivity contribution in [2.24, 2.45) is 5.14 Å². The van der Waals surface area contributed by atoms with Gasteiger partial charge in [0, 0.05) is 5.56 Å². The molecule has 3 rings (SSSR count). The largest absolute Gasteiger partial charge is 0.247 e. The smallest absolute Gasteiger partial charge is 0.238 e. The molecule has 7 heteroatoms. The van der Waals surface area contributed by atoms with Crippen molar-refractivity contribution >= 4 is 10.0 Å². The zero-order valence-corrected chi connectivity index (χ0v) is 12.4. The molecule has 2 aromatic carbocycles. The molecule has 0 atom stereocenters. The average Bonchev–Trinajstić information content (AvgIpc) is 2.96. The summed E-state index contributed by atoms with van der Waals surface area (Å²) in [5, 5.41) is 13.3. The predicted octanol–water partition coefficient (Wildman–Crippen LogP) is 1.64. The van der Waals surface area contributed by atoms with Gasteiger partial charge in [-0.1, -0.05) is 47.7 Å². The van der Waals surface area contributed by atoms with E-state index in [0.717, 1.165) is 16.8 Å². The van der Waals surface area contributed by atoms with E-state index in [9.17, 15) is 8.42 Å². The molecule has 0 aliphatic carbocycles. The molecule has 0 unspecified atom stereocenters. The summed E-state index contributed by atoms with van der Waals surface area (Å²) in [7, 11) is -3.66. The van der Waals surface area contributed by atoms with E-state index >= 15 is 0 Å². The highest BCUT2D eigenvalue weighted by Gasteiger charge is 2.08. The lowest BCUT2D eigenvalue weighted by molar-refractivity contribution is 0.597. The topological polar surface area (TPSA) is 90.9 Å². The van der Waals surface area contributed by atoms with Crippen molar-refractivity contribution in [2.45, 2.75) is 11.4 Å². The number of primary sulfonamides is 1. The second-order valence-electron chi connectivity index (χ2n) is 4.86. The van der Waals surface area contributed by atoms with E-state index in [0.29, 0.717) is 6.54 Å². The number of benzene rings is 2. The highest BCUT2D eigenvalue weighted by molar-refractivity contribution is 7.89. The Balaban J connectivity index is 1.78. The Morgan fingerprint density at radius 2 is 1.68 bits per heavy atom. The van der Waals surface area contributed by atoms with Crippen molar-refractivity contribution in [2.75, 3.05) is 0 Å². The highest BCUT2D eigenvalue weighted by atomic mass is 32.2. The lowest BCUT2D eigenvalue weighted by Crippen LogP contribution is -2.12. The monoisotopic (exact) mass is 314 g/mol. The van der Waals surface area contributed by atoms with Gasteiger partial charge >= 0.3 is 0 Å². The first-order chi connectivity index (χ1) is 10.5. The van der Waals surface area contributed by atoms with Crippen LogP contribution in [0.15, 0.2) is 65.7 Å². The van der Waals surface area contributed by atoms with Crippen LogP contribution in [0.5, 0.6) is 0 Å². The lowest BCUT2D eigenvalue weighted by atomic mass is 10.2. The summed E-state index contributed by atoms with van der Waals surface area (Å²) < 4.78 is 24.1. The van der Waals surface area contributed by atoms with Gasteiger partial charge < -0.3 is 0 Å². The zero-order valence-electron chi connectivity index (χ0n) is 11.6. The van der Waals surface area contributed by atoms with Crippen LogP contribution in [0, 0.1) is 0 Å². The summed E-state index contributed by atoms with van der Waals surface area (Å²) in [6, 6.07) is 16.2. The van der Waals surface area contributed by atoms with Crippen LogP contribution in [0.25, 0.3) is 11.3 Å². The second kappa shape index (κ2) is 5.70. The van der Waals surface area contributed by atoms with E-state index in [-0.39, 0.29) is 4.90 Å². The molecular formula is C15H14N4O2S. The van der Waals surface area contributed by atoms with Crippen LogP contribution >= 0.6 is 0 Å². The van der Waals surface area contributed by atoms with Crippen molar-refractivity contribution in [1.82, 2.24) is 15.0 Å². The number of hydrogen-bond donors (Lipinski definition) is 1. The molecule has 112 valence electrons. The first-order valence-electron chi connectivity index (χ1n) is 6.60. The fraction of sp³-hybridized carbons (Fsp3) is 0.0667. The third kappa shape index (κ3) is 3.21. The van der Waals surface area contributed by atoms with Gasteiger partial charge in [0.05, 0.1) is 17.6 Å². The van der Waals surface area contributed by atoms with Crippen LogP contribution in [0.2, 0.25) is 0 Å². The Hall–Kier alpha value is -2.51. The van der Waals surface area contributed by atoms with Gasteiger partial charge in [-0.25, -0.2) is 18.2 Å². The van der Waals surface area contributed by atoms with E-state index in [1.807, 2.05) is 36.5 Å². The standard InChI is InChI=1S/C15H14N4O2S/c16-22(20,21)14-8-6-12(7-9-14)10-19-11-15(17-18-19)13-4-2-1-3-5-13/h1-9,11H,10H2,(H2,16,20,21). The van der Waals surface area contributed by atoms with E-state index in [1.165, 1.54) is 12.1 Å². The van der Waals surface area contributed by atoms with E-state index in [2.05, 4.69) is 10.3 Å². The molecule has 22 heavy (non-hydrogen) atoms. The summed E-state index contributed by atoms with van der Waals surface area (Å²) in [6.45, 7) is 0.505. The van der Waals surface area contributed by atoms with Gasteiger partial charge in [0.2, 0.25) is 10.0 Å². The van der Waals surface area contributed by atoms with E-state index < -0.39 is 10.0 Å². The maximum atomic E-state index is 11.2. The average molecular weight is 314 g/mol. The van der Waals surface area contributed by atoms with Crippen molar-refractivity contribution in [1.29, 1.82) is 0 Å². The molecule has 2 N–H and O–H groups in total. The first-order valence-corrected chi connectivity index (χ1v) is 8.14. The molecular weight excluding hydrogens is 300 g/mol. The van der Waals surface area contributed by atoms with Crippen LogP contribution in [0.1, 0.15) is 5.56 Å². The van der Waals surface area contributed by atoms with Crippen molar-refractivity contribution in [3.63, 3.8) is 0 Å². The van der Waals surface area contributed by atoms with Gasteiger partial charge in [0.1, 0.15) is 5.69 Å². The Bertz CT molecular complexity index is 871. The van der Waals surface area contributed by atoms with Crippen LogP contribution < -0.4 is 5.14 Å². The van der Waals surface area contributed by atoms with Gasteiger partial charge in [0.15, 0.2) is 0 Å². The zero-order chi connectivity index (χ0) is 15.6. The third-order valence-corrected chi connectivity index (χ3v) is 4.13. The number of nitrogens with two attached hydrogens (primary N) is 1. The molecule has 0 fully saturated rings. The van der Waals surface area contributed by atoms with Gasteiger partial charge in [-0.15, -0.1) is 5.10 Å². The molecule has 3 aromatic rings. The molecule has 0 spiro atoms. The molecule has 0 aliphatic heterocycles. The van der Waals surface area contributed by atoms with Crippen LogP contribution in [-0.2, 0) is 16.6 Å². The molecule has 0 saturated carbocycles. The minimum absolute atomic E-state index is 0.0971. The van der Waals surface area contributed by atoms with Crippen LogP contribution in [-0.4, -0.2) is 23.4 Å². The normalized spacial score (nSPS) is 11.5. The number of hydrogen-bond acceptors (Lipinski definition) is 4. The molecule has 6 nitrogen and oxygen atoms in total. The first kappa shape index (κ1) is 14.4. The highest BCUT2D eigenvalue weighted by Crippen LogP contribution is 2.16. The minimum Gasteiger partial charge on any atom is -0.247 e. The second-order valence-corrected chi connectivity index (χ2v) is 6.42. The number of rotatable bonds is 4. The van der Waals surface area contributed by atoms with Gasteiger partial charge in [-0.05, 0) is 17.7 Å². The number of nitrogens with zero attached hydrogens (tertiary/aromatic N) is 3. The van der Waals surface area contributed by atoms with Crippen LogP contribution in [0.3, 0.4) is 0 Å². The molecule has 1 heterocycles. The van der Waals surface area contributed by atoms with Gasteiger partial charge in [-0.2, -0.15) is 0 Å². The molecule has 0 amide bonds. The Kier molecular flexibility index (Phi) is 3.74. The maximum absolute atomic E-state index is 11.2. The molecule has 0 aliphatic rings. The maximum Gasteiger partial charge on any atom is 0.238 e. The Morgan fingerprint density at radius 1 is 1.00 bits per heavy atom. The summed E-state index contributed by atoms with van der Waals surface area (Å²) >= 11 is 0. The summed E-state index contributed by atoms with van der Waals surface area (Å²) in [6.07, 6.45) is 1.85. The minimum atomic E-state index is -3.66. The number of aromatic nitrogens is 3. The van der Waals surface area contributed by atoms with E-state index in [4.69, 9.17) is 5.14 Å². The van der Waals surface area contributed by atoms with Crippen LogP contribution in [0.4, 0.5) is 0 Å². The summed E-state index contributed by atoms with van der Waals surface area (Å²) in [5.41, 5.74) is 2.71. The fourth-order valence-corrected chi connectivity index (χ4v) is 2.60. The Morgan fingerprint density at radius 3 is 2.32 bits per heavy atom. The van der Waals surface area contributed by atoms with Crippen molar-refractivity contribution < 1.29 is 8.42 Å². The summed E-state index contributed by atoms with van der Waals surface area (Å²) in [4.78, 5) is 0.0971. The number of sulfonamides is 1. The molecule has 1 aromatic heterocycles. The molecule has 0 radical (unpaired) electrons. The summed E-state index contributed by atoms with van der Waals surface area (Å²) in [5.74, 6) is 0. The fourth-order valence-electron chi connectivity index (χ4n) is 2.09. The van der Waals surface area contributed by atoms with Crippen molar-refractivity contribution in [3.8, 4) is 11.3 Å². The predicted molar refractivity (Wildman–Crippen MR) is 82.4 cm³/mol. The van der Waals surface area contributed by atoms with E-state index in [1.54, 1.807) is 16.8 Å². The van der Waals surface area contributed by atoms with Gasteiger partial charge in [0.25, 0.3) is 0 Å². The SMILES string of the molecule is NS(=O)(=O)c1ccc(Cn2cc(-c3ccccc3)nn2)cc1.